The van der Waals surface area contributed by atoms with Gasteiger partial charge in [-0.25, -0.2) is 4.18 Å². The molecule has 1 aliphatic rings. The molecule has 0 aromatic heterocycles. The first-order valence-electron chi connectivity index (χ1n) is 24.2. The first kappa shape index (κ1) is 58.6. The van der Waals surface area contributed by atoms with E-state index in [9.17, 15) is 28.5 Å². The predicted molar refractivity (Wildman–Crippen MR) is 252 cm³/mol. The standard InChI is InChI=1S/C50H86O12S/c1-3-5-7-9-11-13-15-17-18-19-20-21-22-23-24-25-26-27-28-30-32-34-36-38-40-58-42-44(60-46(52)39-37-35-33-31-29-16-14-12-10-8-6-4-2)43-59-50-48(54)49(62-63(55,56)57)47(53)45(41-51)61-50/h5,7,11-14,17-18,20-21,23-24,44-45,47-51,53-54H,3-4,6,8-10,15-16,19,22,25-43H2,1-2H3,(H,55,56,57)/b7-5-,13-11-,14-12-,18-17-,21-20-,24-23-. The molecule has 0 spiro atoms. The van der Waals surface area contributed by atoms with Crippen LogP contribution in [0.25, 0.3) is 0 Å². The highest BCUT2D eigenvalue weighted by molar-refractivity contribution is 7.80. The summed E-state index contributed by atoms with van der Waals surface area (Å²) in [4.78, 5) is 12.8. The summed E-state index contributed by atoms with van der Waals surface area (Å²) in [5.74, 6) is -0.415. The van der Waals surface area contributed by atoms with Crippen LogP contribution >= 0.6 is 0 Å². The van der Waals surface area contributed by atoms with E-state index < -0.39 is 59.8 Å². The number of rotatable bonds is 41. The molecule has 12 nitrogen and oxygen atoms in total. The largest absolute Gasteiger partial charge is 0.457 e. The van der Waals surface area contributed by atoms with E-state index in [1.807, 2.05) is 0 Å². The molecule has 0 bridgehead atoms. The second-order valence-corrected chi connectivity index (χ2v) is 17.4. The van der Waals surface area contributed by atoms with Gasteiger partial charge in [0.05, 0.1) is 19.8 Å². The van der Waals surface area contributed by atoms with Crippen molar-refractivity contribution < 1.29 is 56.2 Å². The molecule has 0 saturated carbocycles. The average molecular weight is 911 g/mol. The zero-order valence-electron chi connectivity index (χ0n) is 38.9. The third-order valence-corrected chi connectivity index (χ3v) is 11.0. The molecule has 0 radical (unpaired) electrons. The summed E-state index contributed by atoms with van der Waals surface area (Å²) in [5.41, 5.74) is 0. The molecule has 0 amide bonds. The Kier molecular flexibility index (Phi) is 38.1. The number of esters is 1. The zero-order valence-corrected chi connectivity index (χ0v) is 39.7. The highest BCUT2D eigenvalue weighted by Crippen LogP contribution is 2.26. The number of carbonyl (C=O) groups excluding carboxylic acids is 1. The number of ether oxygens (including phenoxy) is 4. The molecule has 6 atom stereocenters. The summed E-state index contributed by atoms with van der Waals surface area (Å²) < 4.78 is 59.1. The number of hydrogen-bond acceptors (Lipinski definition) is 11. The summed E-state index contributed by atoms with van der Waals surface area (Å²) in [5, 5.41) is 30.7. The van der Waals surface area contributed by atoms with Crippen molar-refractivity contribution >= 4 is 16.4 Å². The highest BCUT2D eigenvalue weighted by atomic mass is 32.3. The van der Waals surface area contributed by atoms with Gasteiger partial charge in [-0.1, -0.05) is 157 Å². The van der Waals surface area contributed by atoms with Gasteiger partial charge in [-0.15, -0.1) is 0 Å². The monoisotopic (exact) mass is 911 g/mol. The molecule has 364 valence electrons. The Bertz CT molecular complexity index is 1370. The fraction of sp³-hybridized carbons (Fsp3) is 0.740. The van der Waals surface area contributed by atoms with E-state index in [-0.39, 0.29) is 19.6 Å². The molecule has 13 heteroatoms. The van der Waals surface area contributed by atoms with E-state index in [1.54, 1.807) is 0 Å². The Labute approximate surface area is 381 Å². The molecule has 4 N–H and O–H groups in total. The Morgan fingerprint density at radius 3 is 1.62 bits per heavy atom. The lowest BCUT2D eigenvalue weighted by Crippen LogP contribution is -2.60. The normalized spacial score (nSPS) is 20.5. The molecule has 1 rings (SSSR count). The number of allylic oxidation sites excluding steroid dienone is 12. The Balaban J connectivity index is 2.36. The van der Waals surface area contributed by atoms with Crippen molar-refractivity contribution in [3.05, 3.63) is 72.9 Å². The molecule has 0 aromatic rings. The van der Waals surface area contributed by atoms with Crippen LogP contribution in [0.15, 0.2) is 72.9 Å². The minimum absolute atomic E-state index is 0.0232. The second-order valence-electron chi connectivity index (χ2n) is 16.3. The maximum absolute atomic E-state index is 12.8. The van der Waals surface area contributed by atoms with Crippen molar-refractivity contribution in [2.75, 3.05) is 26.4 Å². The molecule has 1 fully saturated rings. The van der Waals surface area contributed by atoms with Gasteiger partial charge in [-0.3, -0.25) is 9.35 Å². The van der Waals surface area contributed by atoms with E-state index in [4.69, 9.17) is 23.5 Å². The fourth-order valence-corrected chi connectivity index (χ4v) is 7.44. The maximum atomic E-state index is 12.8. The van der Waals surface area contributed by atoms with Crippen LogP contribution in [0.2, 0.25) is 0 Å². The number of carbonyl (C=O) groups is 1. The van der Waals surface area contributed by atoms with E-state index >= 15 is 0 Å². The fourth-order valence-electron chi connectivity index (χ4n) is 6.93. The van der Waals surface area contributed by atoms with Crippen LogP contribution in [-0.4, -0.2) is 97.5 Å². The lowest BCUT2D eigenvalue weighted by molar-refractivity contribution is -0.301. The summed E-state index contributed by atoms with van der Waals surface area (Å²) in [6, 6.07) is 0. The summed E-state index contributed by atoms with van der Waals surface area (Å²) >= 11 is 0. The first-order valence-corrected chi connectivity index (χ1v) is 25.6. The molecule has 1 aliphatic heterocycles. The third kappa shape index (κ3) is 34.5. The molecule has 1 heterocycles. The molecular formula is C50H86O12S. The van der Waals surface area contributed by atoms with Crippen LogP contribution in [0.5, 0.6) is 0 Å². The van der Waals surface area contributed by atoms with Gasteiger partial charge >= 0.3 is 16.4 Å². The van der Waals surface area contributed by atoms with Gasteiger partial charge < -0.3 is 34.3 Å². The molecule has 0 aliphatic carbocycles. The van der Waals surface area contributed by atoms with E-state index in [0.717, 1.165) is 96.3 Å². The van der Waals surface area contributed by atoms with Gasteiger partial charge in [0.25, 0.3) is 0 Å². The van der Waals surface area contributed by atoms with Crippen LogP contribution in [0, 0.1) is 0 Å². The van der Waals surface area contributed by atoms with Gasteiger partial charge in [-0.05, 0) is 83.5 Å². The van der Waals surface area contributed by atoms with Gasteiger partial charge in [0.1, 0.15) is 30.5 Å². The number of aliphatic hydroxyl groups is 3. The van der Waals surface area contributed by atoms with E-state index in [1.165, 1.54) is 51.4 Å². The van der Waals surface area contributed by atoms with E-state index in [2.05, 4.69) is 90.9 Å². The van der Waals surface area contributed by atoms with Crippen LogP contribution in [0.3, 0.4) is 0 Å². The minimum Gasteiger partial charge on any atom is -0.457 e. The molecule has 6 unspecified atom stereocenters. The van der Waals surface area contributed by atoms with Gasteiger partial charge in [0, 0.05) is 13.0 Å². The van der Waals surface area contributed by atoms with Crippen LogP contribution < -0.4 is 0 Å². The van der Waals surface area contributed by atoms with Crippen LogP contribution in [0.4, 0.5) is 0 Å². The Hall–Kier alpha value is -2.46. The Morgan fingerprint density at radius 2 is 1.10 bits per heavy atom. The SMILES string of the molecule is CC/C=C\C/C=C\C/C=C\C/C=C\C/C=C\CCCCCCCCCCOCC(COC1OC(CO)C(O)C(OS(=O)(=O)O)C1O)OC(=O)CCCCCCC/C=C\CCCCC. The van der Waals surface area contributed by atoms with Gasteiger partial charge in [0.2, 0.25) is 0 Å². The van der Waals surface area contributed by atoms with Crippen molar-refractivity contribution in [3.8, 4) is 0 Å². The lowest BCUT2D eigenvalue weighted by atomic mass is 9.99. The zero-order chi connectivity index (χ0) is 46.1. The molecular weight excluding hydrogens is 825 g/mol. The summed E-state index contributed by atoms with van der Waals surface area (Å²) in [7, 11) is -5.07. The summed E-state index contributed by atoms with van der Waals surface area (Å²) in [6.45, 7) is 3.81. The number of unbranched alkanes of at least 4 members (excludes halogenated alkanes) is 16. The van der Waals surface area contributed by atoms with Crippen molar-refractivity contribution in [1.29, 1.82) is 0 Å². The number of aliphatic hydroxyl groups excluding tert-OH is 3. The highest BCUT2D eigenvalue weighted by Gasteiger charge is 2.48. The Morgan fingerprint density at radius 1 is 0.619 bits per heavy atom. The number of hydrogen-bond donors (Lipinski definition) is 4. The summed E-state index contributed by atoms with van der Waals surface area (Å²) in [6.07, 6.45) is 43.7. The molecule has 1 saturated heterocycles. The van der Waals surface area contributed by atoms with Gasteiger partial charge in [0.15, 0.2) is 6.29 Å². The predicted octanol–water partition coefficient (Wildman–Crippen LogP) is 10.7. The van der Waals surface area contributed by atoms with Crippen molar-refractivity contribution in [3.63, 3.8) is 0 Å². The van der Waals surface area contributed by atoms with Gasteiger partial charge in [-0.2, -0.15) is 8.42 Å². The topological polar surface area (TPSA) is 178 Å². The van der Waals surface area contributed by atoms with Crippen molar-refractivity contribution in [1.82, 2.24) is 0 Å². The maximum Gasteiger partial charge on any atom is 0.397 e. The minimum atomic E-state index is -5.07. The smallest absolute Gasteiger partial charge is 0.397 e. The third-order valence-electron chi connectivity index (χ3n) is 10.6. The van der Waals surface area contributed by atoms with E-state index in [0.29, 0.717) is 13.0 Å². The van der Waals surface area contributed by atoms with Crippen LogP contribution in [0.1, 0.15) is 174 Å². The quantitative estimate of drug-likeness (QED) is 0.0198. The van der Waals surface area contributed by atoms with Crippen LogP contribution in [-0.2, 0) is 38.3 Å². The average Bonchev–Trinajstić information content (AvgIpc) is 3.26. The molecule has 63 heavy (non-hydrogen) atoms. The lowest BCUT2D eigenvalue weighted by Gasteiger charge is -2.41. The first-order chi connectivity index (χ1) is 30.6. The van der Waals surface area contributed by atoms with Crippen molar-refractivity contribution in [2.45, 2.75) is 211 Å². The van der Waals surface area contributed by atoms with Crippen molar-refractivity contribution in [2.24, 2.45) is 0 Å². The molecule has 0 aromatic carbocycles. The second kappa shape index (κ2) is 41.0.